The third-order valence-electron chi connectivity index (χ3n) is 2.87. The maximum absolute atomic E-state index is 11.9. The minimum Gasteiger partial charge on any atom is -0.399 e. The summed E-state index contributed by atoms with van der Waals surface area (Å²) in [7, 11) is 0. The molecule has 0 radical (unpaired) electrons. The molecule has 0 aliphatic rings. The topological polar surface area (TPSA) is 84.9 Å². The summed E-state index contributed by atoms with van der Waals surface area (Å²) in [5.41, 5.74) is 13.3. The highest BCUT2D eigenvalue weighted by Gasteiger charge is 2.05. The van der Waals surface area contributed by atoms with Gasteiger partial charge in [-0.2, -0.15) is 0 Å². The molecule has 0 aliphatic carbocycles. The minimum atomic E-state index is -0.135. The minimum absolute atomic E-state index is 0.135. The number of nitrogens with two attached hydrogens (primary N) is 2. The SMILES string of the molecule is Nc1ccc2c(c1)c(=O)[nH]c1ccc(N)cc12. The summed E-state index contributed by atoms with van der Waals surface area (Å²) in [6.45, 7) is 0. The lowest BCUT2D eigenvalue weighted by atomic mass is 10.1. The number of hydrogen-bond acceptors (Lipinski definition) is 3. The Morgan fingerprint density at radius 1 is 0.824 bits per heavy atom. The van der Waals surface area contributed by atoms with Crippen LogP contribution in [0.4, 0.5) is 11.4 Å². The zero-order chi connectivity index (χ0) is 12.0. The Hall–Kier alpha value is -2.49. The summed E-state index contributed by atoms with van der Waals surface area (Å²) >= 11 is 0. The number of benzene rings is 2. The summed E-state index contributed by atoms with van der Waals surface area (Å²) < 4.78 is 0. The lowest BCUT2D eigenvalue weighted by Crippen LogP contribution is -2.06. The van der Waals surface area contributed by atoms with Crippen molar-refractivity contribution in [3.8, 4) is 0 Å². The van der Waals surface area contributed by atoms with Crippen molar-refractivity contribution in [1.82, 2.24) is 4.98 Å². The molecule has 0 aliphatic heterocycles. The fourth-order valence-corrected chi connectivity index (χ4v) is 2.07. The van der Waals surface area contributed by atoms with Gasteiger partial charge in [0.2, 0.25) is 0 Å². The fourth-order valence-electron chi connectivity index (χ4n) is 2.07. The van der Waals surface area contributed by atoms with Crippen LogP contribution in [0.3, 0.4) is 0 Å². The Bertz CT molecular complexity index is 790. The normalized spacial score (nSPS) is 11.1. The van der Waals surface area contributed by atoms with Gasteiger partial charge in [0.05, 0.1) is 0 Å². The molecular formula is C13H11N3O. The Kier molecular flexibility index (Phi) is 1.86. The van der Waals surface area contributed by atoms with E-state index in [2.05, 4.69) is 4.98 Å². The van der Waals surface area contributed by atoms with E-state index in [-0.39, 0.29) is 5.56 Å². The second kappa shape index (κ2) is 3.25. The lowest BCUT2D eigenvalue weighted by Gasteiger charge is -2.05. The first-order valence-electron chi connectivity index (χ1n) is 5.26. The van der Waals surface area contributed by atoms with Gasteiger partial charge in [-0.1, -0.05) is 6.07 Å². The van der Waals surface area contributed by atoms with Crippen LogP contribution < -0.4 is 17.0 Å². The number of nitrogen functional groups attached to an aromatic ring is 2. The van der Waals surface area contributed by atoms with Gasteiger partial charge >= 0.3 is 0 Å². The van der Waals surface area contributed by atoms with Gasteiger partial charge in [0, 0.05) is 27.7 Å². The van der Waals surface area contributed by atoms with Crippen LogP contribution in [0.25, 0.3) is 21.7 Å². The van der Waals surface area contributed by atoms with Gasteiger partial charge in [-0.05, 0) is 35.7 Å². The molecule has 3 rings (SSSR count). The number of hydrogen-bond donors (Lipinski definition) is 3. The molecule has 4 nitrogen and oxygen atoms in total. The van der Waals surface area contributed by atoms with Gasteiger partial charge in [-0.3, -0.25) is 4.79 Å². The molecule has 0 bridgehead atoms. The highest BCUT2D eigenvalue weighted by molar-refractivity contribution is 6.06. The number of rotatable bonds is 0. The molecule has 3 aromatic rings. The van der Waals surface area contributed by atoms with Crippen molar-refractivity contribution < 1.29 is 0 Å². The molecule has 0 saturated heterocycles. The first kappa shape index (κ1) is 9.72. The van der Waals surface area contributed by atoms with Crippen LogP contribution in [0.5, 0.6) is 0 Å². The summed E-state index contributed by atoms with van der Waals surface area (Å²) in [4.78, 5) is 14.7. The van der Waals surface area contributed by atoms with E-state index in [4.69, 9.17) is 11.5 Å². The predicted molar refractivity (Wildman–Crippen MR) is 70.9 cm³/mol. The molecule has 84 valence electrons. The molecule has 0 amide bonds. The molecule has 0 fully saturated rings. The van der Waals surface area contributed by atoms with Gasteiger partial charge in [0.25, 0.3) is 5.56 Å². The van der Waals surface area contributed by atoms with Gasteiger partial charge in [0.1, 0.15) is 0 Å². The van der Waals surface area contributed by atoms with Gasteiger partial charge in [0.15, 0.2) is 0 Å². The van der Waals surface area contributed by atoms with E-state index in [9.17, 15) is 4.79 Å². The zero-order valence-electron chi connectivity index (χ0n) is 9.03. The Balaban J connectivity index is 2.62. The van der Waals surface area contributed by atoms with Crippen molar-refractivity contribution in [3.05, 3.63) is 46.8 Å². The average Bonchev–Trinajstić information content (AvgIpc) is 2.30. The first-order valence-corrected chi connectivity index (χ1v) is 5.26. The van der Waals surface area contributed by atoms with Gasteiger partial charge in [-0.15, -0.1) is 0 Å². The van der Waals surface area contributed by atoms with Gasteiger partial charge in [-0.25, -0.2) is 0 Å². The summed E-state index contributed by atoms with van der Waals surface area (Å²) in [6, 6.07) is 10.7. The molecule has 2 aromatic carbocycles. The fraction of sp³-hybridized carbons (Fsp3) is 0. The summed E-state index contributed by atoms with van der Waals surface area (Å²) in [5, 5.41) is 2.38. The highest BCUT2D eigenvalue weighted by Crippen LogP contribution is 2.24. The molecule has 0 spiro atoms. The quantitative estimate of drug-likeness (QED) is 0.403. The number of nitrogens with one attached hydrogen (secondary N) is 1. The van der Waals surface area contributed by atoms with Crippen LogP contribution in [-0.4, -0.2) is 4.98 Å². The first-order chi connectivity index (χ1) is 8.15. The standard InChI is InChI=1S/C13H11N3O/c14-7-1-3-9-10-5-8(15)2-4-12(10)16-13(17)11(9)6-7/h1-6H,14-15H2,(H,16,17). The lowest BCUT2D eigenvalue weighted by molar-refractivity contribution is 1.34. The van der Waals surface area contributed by atoms with E-state index < -0.39 is 0 Å². The Morgan fingerprint density at radius 2 is 1.47 bits per heavy atom. The third kappa shape index (κ3) is 1.42. The van der Waals surface area contributed by atoms with E-state index in [1.165, 1.54) is 0 Å². The van der Waals surface area contributed by atoms with Crippen molar-refractivity contribution in [1.29, 1.82) is 0 Å². The maximum Gasteiger partial charge on any atom is 0.256 e. The Labute approximate surface area is 96.9 Å². The van der Waals surface area contributed by atoms with Crippen LogP contribution >= 0.6 is 0 Å². The summed E-state index contributed by atoms with van der Waals surface area (Å²) in [5.74, 6) is 0. The van der Waals surface area contributed by atoms with E-state index in [0.717, 1.165) is 16.3 Å². The molecular weight excluding hydrogens is 214 g/mol. The molecule has 0 unspecified atom stereocenters. The molecule has 4 heteroatoms. The largest absolute Gasteiger partial charge is 0.399 e. The maximum atomic E-state index is 11.9. The van der Waals surface area contributed by atoms with E-state index in [1.54, 1.807) is 18.2 Å². The number of H-pyrrole nitrogens is 1. The number of anilines is 2. The number of aromatic amines is 1. The van der Waals surface area contributed by atoms with Crippen LogP contribution in [0, 0.1) is 0 Å². The molecule has 5 N–H and O–H groups in total. The molecule has 0 atom stereocenters. The van der Waals surface area contributed by atoms with Crippen molar-refractivity contribution in [2.24, 2.45) is 0 Å². The van der Waals surface area contributed by atoms with Crippen LogP contribution in [0.2, 0.25) is 0 Å². The molecule has 17 heavy (non-hydrogen) atoms. The third-order valence-corrected chi connectivity index (χ3v) is 2.87. The molecule has 0 saturated carbocycles. The van der Waals surface area contributed by atoms with E-state index >= 15 is 0 Å². The van der Waals surface area contributed by atoms with Crippen LogP contribution in [-0.2, 0) is 0 Å². The van der Waals surface area contributed by atoms with E-state index in [0.29, 0.717) is 16.8 Å². The number of fused-ring (bicyclic) bond motifs is 3. The summed E-state index contributed by atoms with van der Waals surface area (Å²) in [6.07, 6.45) is 0. The zero-order valence-corrected chi connectivity index (χ0v) is 9.03. The average molecular weight is 225 g/mol. The van der Waals surface area contributed by atoms with Crippen molar-refractivity contribution in [2.75, 3.05) is 11.5 Å². The van der Waals surface area contributed by atoms with Gasteiger partial charge < -0.3 is 16.5 Å². The van der Waals surface area contributed by atoms with Crippen molar-refractivity contribution >= 4 is 33.1 Å². The number of pyridine rings is 1. The van der Waals surface area contributed by atoms with Crippen LogP contribution in [0.1, 0.15) is 0 Å². The molecule has 1 aromatic heterocycles. The number of aromatic nitrogens is 1. The van der Waals surface area contributed by atoms with Crippen molar-refractivity contribution in [3.63, 3.8) is 0 Å². The second-order valence-electron chi connectivity index (χ2n) is 4.06. The monoisotopic (exact) mass is 225 g/mol. The second-order valence-corrected chi connectivity index (χ2v) is 4.06. The molecule has 1 heterocycles. The smallest absolute Gasteiger partial charge is 0.256 e. The van der Waals surface area contributed by atoms with Crippen molar-refractivity contribution in [2.45, 2.75) is 0 Å². The Morgan fingerprint density at radius 3 is 2.24 bits per heavy atom. The van der Waals surface area contributed by atoms with Crippen LogP contribution in [0.15, 0.2) is 41.2 Å². The highest BCUT2D eigenvalue weighted by atomic mass is 16.1. The predicted octanol–water partition coefficient (Wildman–Crippen LogP) is 1.85. The van der Waals surface area contributed by atoms with E-state index in [1.807, 2.05) is 18.2 Å².